The second-order valence-corrected chi connectivity index (χ2v) is 5.30. The van der Waals surface area contributed by atoms with Gasteiger partial charge in [0.15, 0.2) is 0 Å². The molecule has 3 N–H and O–H groups in total. The second kappa shape index (κ2) is 7.87. The summed E-state index contributed by atoms with van der Waals surface area (Å²) < 4.78 is 0. The molecule has 1 aromatic carbocycles. The summed E-state index contributed by atoms with van der Waals surface area (Å²) in [6.07, 6.45) is 5.71. The Morgan fingerprint density at radius 1 is 1.08 bits per heavy atom. The molecule has 0 unspecified atom stereocenters. The van der Waals surface area contributed by atoms with Crippen LogP contribution in [0.5, 0.6) is 5.75 Å². The van der Waals surface area contributed by atoms with Gasteiger partial charge in [0, 0.05) is 30.8 Å². The highest BCUT2D eigenvalue weighted by atomic mass is 16.3. The fourth-order valence-corrected chi connectivity index (χ4v) is 2.18. The number of anilines is 2. The molecule has 3 aromatic rings. The summed E-state index contributed by atoms with van der Waals surface area (Å²) in [5.74, 6) is 0.221. The standard InChI is InChI=1S/C18H17N5O2/c24-15-5-3-14(4-6-15)22-18-21-11-8-16(23-18)17(25)20-10-7-13-2-1-9-19-12-13/h1-6,8-9,11-12,24H,7,10H2,(H,20,25)(H,21,22,23). The van der Waals surface area contributed by atoms with Crippen LogP contribution in [0.3, 0.4) is 0 Å². The van der Waals surface area contributed by atoms with Gasteiger partial charge < -0.3 is 15.7 Å². The second-order valence-electron chi connectivity index (χ2n) is 5.30. The van der Waals surface area contributed by atoms with Crippen LogP contribution in [0, 0.1) is 0 Å². The number of rotatable bonds is 6. The maximum Gasteiger partial charge on any atom is 0.270 e. The number of carbonyl (C=O) groups excluding carboxylic acids is 1. The van der Waals surface area contributed by atoms with Crippen molar-refractivity contribution in [3.63, 3.8) is 0 Å². The smallest absolute Gasteiger partial charge is 0.270 e. The largest absolute Gasteiger partial charge is 0.508 e. The van der Waals surface area contributed by atoms with E-state index >= 15 is 0 Å². The maximum absolute atomic E-state index is 12.2. The van der Waals surface area contributed by atoms with Crippen LogP contribution in [0.4, 0.5) is 11.6 Å². The monoisotopic (exact) mass is 335 g/mol. The predicted molar refractivity (Wildman–Crippen MR) is 93.7 cm³/mol. The lowest BCUT2D eigenvalue weighted by atomic mass is 10.2. The number of aromatic nitrogens is 3. The van der Waals surface area contributed by atoms with Gasteiger partial charge in [-0.05, 0) is 48.4 Å². The molecule has 0 fully saturated rings. The van der Waals surface area contributed by atoms with Crippen LogP contribution < -0.4 is 10.6 Å². The van der Waals surface area contributed by atoms with Crippen LogP contribution in [0.25, 0.3) is 0 Å². The molecule has 2 aromatic heterocycles. The highest BCUT2D eigenvalue weighted by Crippen LogP contribution is 2.16. The van der Waals surface area contributed by atoms with E-state index < -0.39 is 0 Å². The summed E-state index contributed by atoms with van der Waals surface area (Å²) in [7, 11) is 0. The van der Waals surface area contributed by atoms with E-state index in [2.05, 4.69) is 25.6 Å². The quantitative estimate of drug-likeness (QED) is 0.598. The molecule has 0 bridgehead atoms. The zero-order chi connectivity index (χ0) is 17.5. The van der Waals surface area contributed by atoms with E-state index in [-0.39, 0.29) is 17.4 Å². The number of amides is 1. The van der Waals surface area contributed by atoms with Gasteiger partial charge in [-0.25, -0.2) is 9.97 Å². The molecule has 2 heterocycles. The Bertz CT molecular complexity index is 838. The molecule has 0 atom stereocenters. The van der Waals surface area contributed by atoms with Crippen molar-refractivity contribution in [1.82, 2.24) is 20.3 Å². The van der Waals surface area contributed by atoms with Crippen molar-refractivity contribution in [3.8, 4) is 5.75 Å². The van der Waals surface area contributed by atoms with Crippen molar-refractivity contribution in [2.24, 2.45) is 0 Å². The lowest BCUT2D eigenvalue weighted by Gasteiger charge is -2.07. The van der Waals surface area contributed by atoms with Gasteiger partial charge in [-0.1, -0.05) is 6.07 Å². The fraction of sp³-hybridized carbons (Fsp3) is 0.111. The van der Waals surface area contributed by atoms with Gasteiger partial charge in [0.1, 0.15) is 11.4 Å². The number of nitrogens with zero attached hydrogens (tertiary/aromatic N) is 3. The van der Waals surface area contributed by atoms with Gasteiger partial charge in [0.25, 0.3) is 5.91 Å². The first kappa shape index (κ1) is 16.4. The Hall–Kier alpha value is -3.48. The average Bonchev–Trinajstić information content (AvgIpc) is 2.65. The van der Waals surface area contributed by atoms with Crippen LogP contribution in [0.15, 0.2) is 61.1 Å². The molecular weight excluding hydrogens is 318 g/mol. The van der Waals surface area contributed by atoms with Crippen molar-refractivity contribution in [2.75, 3.05) is 11.9 Å². The molecule has 1 amide bonds. The van der Waals surface area contributed by atoms with Crippen LogP contribution in [0.2, 0.25) is 0 Å². The molecule has 0 aliphatic rings. The minimum Gasteiger partial charge on any atom is -0.508 e. The normalized spacial score (nSPS) is 10.2. The molecule has 7 heteroatoms. The van der Waals surface area contributed by atoms with Gasteiger partial charge in [-0.15, -0.1) is 0 Å². The van der Waals surface area contributed by atoms with E-state index in [9.17, 15) is 9.90 Å². The first-order valence-corrected chi connectivity index (χ1v) is 7.77. The number of nitrogens with one attached hydrogen (secondary N) is 2. The molecule has 25 heavy (non-hydrogen) atoms. The number of aromatic hydroxyl groups is 1. The van der Waals surface area contributed by atoms with Crippen molar-refractivity contribution >= 4 is 17.5 Å². The lowest BCUT2D eigenvalue weighted by Crippen LogP contribution is -2.26. The van der Waals surface area contributed by atoms with E-state index in [1.54, 1.807) is 42.7 Å². The zero-order valence-corrected chi connectivity index (χ0v) is 13.4. The third kappa shape index (κ3) is 4.74. The van der Waals surface area contributed by atoms with Crippen molar-refractivity contribution in [2.45, 2.75) is 6.42 Å². The number of hydrogen-bond acceptors (Lipinski definition) is 6. The zero-order valence-electron chi connectivity index (χ0n) is 13.4. The number of carbonyl (C=O) groups is 1. The molecule has 0 aliphatic heterocycles. The fourth-order valence-electron chi connectivity index (χ4n) is 2.18. The Kier molecular flexibility index (Phi) is 5.16. The third-order valence-electron chi connectivity index (χ3n) is 3.43. The summed E-state index contributed by atoms with van der Waals surface area (Å²) in [4.78, 5) is 24.5. The van der Waals surface area contributed by atoms with Crippen molar-refractivity contribution in [1.29, 1.82) is 0 Å². The number of hydrogen-bond donors (Lipinski definition) is 3. The minimum atomic E-state index is -0.264. The highest BCUT2D eigenvalue weighted by molar-refractivity contribution is 5.92. The molecule has 7 nitrogen and oxygen atoms in total. The molecule has 0 aliphatic carbocycles. The van der Waals surface area contributed by atoms with Gasteiger partial charge in [-0.2, -0.15) is 0 Å². The van der Waals surface area contributed by atoms with Crippen LogP contribution in [-0.4, -0.2) is 32.5 Å². The number of phenols is 1. The predicted octanol–water partition coefficient (Wildman–Crippen LogP) is 2.29. The summed E-state index contributed by atoms with van der Waals surface area (Å²) in [6, 6.07) is 11.9. The van der Waals surface area contributed by atoms with E-state index in [0.717, 1.165) is 5.56 Å². The summed E-state index contributed by atoms with van der Waals surface area (Å²) >= 11 is 0. The molecule has 0 spiro atoms. The Morgan fingerprint density at radius 3 is 2.68 bits per heavy atom. The van der Waals surface area contributed by atoms with Gasteiger partial charge >= 0.3 is 0 Å². The molecule has 126 valence electrons. The van der Waals surface area contributed by atoms with Crippen LogP contribution in [-0.2, 0) is 6.42 Å². The average molecular weight is 335 g/mol. The Morgan fingerprint density at radius 2 is 1.92 bits per heavy atom. The van der Waals surface area contributed by atoms with Crippen LogP contribution in [0.1, 0.15) is 16.1 Å². The third-order valence-corrected chi connectivity index (χ3v) is 3.43. The van der Waals surface area contributed by atoms with Gasteiger partial charge in [-0.3, -0.25) is 9.78 Å². The minimum absolute atomic E-state index is 0.174. The first-order chi connectivity index (χ1) is 12.2. The van der Waals surface area contributed by atoms with Gasteiger partial charge in [0.05, 0.1) is 0 Å². The molecule has 0 saturated heterocycles. The molecule has 0 saturated carbocycles. The number of phenolic OH excluding ortho intramolecular Hbond substituents is 1. The number of benzene rings is 1. The summed E-state index contributed by atoms with van der Waals surface area (Å²) in [5, 5.41) is 15.1. The summed E-state index contributed by atoms with van der Waals surface area (Å²) in [6.45, 7) is 0.495. The molecule has 3 rings (SSSR count). The molecular formula is C18H17N5O2. The summed E-state index contributed by atoms with van der Waals surface area (Å²) in [5.41, 5.74) is 2.05. The van der Waals surface area contributed by atoms with Crippen molar-refractivity contribution < 1.29 is 9.90 Å². The van der Waals surface area contributed by atoms with Crippen LogP contribution >= 0.6 is 0 Å². The highest BCUT2D eigenvalue weighted by Gasteiger charge is 2.08. The Balaban J connectivity index is 1.58. The molecule has 0 radical (unpaired) electrons. The first-order valence-electron chi connectivity index (χ1n) is 7.77. The van der Waals surface area contributed by atoms with E-state index in [1.165, 1.54) is 6.20 Å². The van der Waals surface area contributed by atoms with E-state index in [0.29, 0.717) is 24.6 Å². The van der Waals surface area contributed by atoms with E-state index in [1.807, 2.05) is 12.1 Å². The lowest BCUT2D eigenvalue weighted by molar-refractivity contribution is 0.0949. The number of pyridine rings is 1. The SMILES string of the molecule is O=C(NCCc1cccnc1)c1ccnc(Nc2ccc(O)cc2)n1. The topological polar surface area (TPSA) is 100 Å². The van der Waals surface area contributed by atoms with Gasteiger partial charge in [0.2, 0.25) is 5.95 Å². The van der Waals surface area contributed by atoms with Crippen molar-refractivity contribution in [3.05, 3.63) is 72.3 Å². The van der Waals surface area contributed by atoms with E-state index in [4.69, 9.17) is 0 Å². The maximum atomic E-state index is 12.2. The Labute approximate surface area is 144 Å².